The highest BCUT2D eigenvalue weighted by Gasteiger charge is 2.02. The fourth-order valence-electron chi connectivity index (χ4n) is 2.63. The Labute approximate surface area is 207 Å². The average molecular weight is 500 g/mol. The van der Waals surface area contributed by atoms with Gasteiger partial charge in [0.2, 0.25) is 0 Å². The smallest absolute Gasteiger partial charge is 0.322 e. The quantitative estimate of drug-likeness (QED) is 0.214. The minimum absolute atomic E-state index is 0.0531. The highest BCUT2D eigenvalue weighted by Crippen LogP contribution is 2.17. The fraction of sp³-hybridized carbons (Fsp3) is 0.192. The topological polar surface area (TPSA) is 185 Å². The maximum absolute atomic E-state index is 10.2. The maximum Gasteiger partial charge on any atom is 0.322 e. The Morgan fingerprint density at radius 1 is 0.611 bits per heavy atom. The van der Waals surface area contributed by atoms with Crippen LogP contribution < -0.4 is 5.32 Å². The van der Waals surface area contributed by atoms with Crippen LogP contribution in [0.1, 0.15) is 24.0 Å². The molecule has 3 aromatic carbocycles. The third-order valence-corrected chi connectivity index (χ3v) is 4.47. The van der Waals surface area contributed by atoms with Crippen LogP contribution in [0.4, 0.5) is 5.69 Å². The summed E-state index contributed by atoms with van der Waals surface area (Å²) in [5.74, 6) is -2.03. The van der Waals surface area contributed by atoms with Gasteiger partial charge < -0.3 is 36.0 Å². The predicted molar refractivity (Wildman–Crippen MR) is 132 cm³/mol. The van der Waals surface area contributed by atoms with Crippen LogP contribution in [0.25, 0.3) is 0 Å². The van der Waals surface area contributed by atoms with E-state index in [4.69, 9.17) is 25.5 Å². The zero-order valence-electron chi connectivity index (χ0n) is 19.4. The number of phenolic OH excluding ortho intramolecular Hbond substituents is 3. The van der Waals surface area contributed by atoms with E-state index < -0.39 is 17.9 Å². The van der Waals surface area contributed by atoms with Crippen molar-refractivity contribution < 1.29 is 45.0 Å². The van der Waals surface area contributed by atoms with Crippen LogP contribution in [-0.4, -0.2) is 55.1 Å². The Balaban J connectivity index is 0.000000270. The number of anilines is 1. The number of nitrogens with one attached hydrogen (secondary N) is 1. The summed E-state index contributed by atoms with van der Waals surface area (Å²) < 4.78 is 0. The lowest BCUT2D eigenvalue weighted by molar-refractivity contribution is -0.138. The second-order valence-corrected chi connectivity index (χ2v) is 7.38. The Morgan fingerprint density at radius 2 is 1.11 bits per heavy atom. The molecule has 36 heavy (non-hydrogen) atoms. The summed E-state index contributed by atoms with van der Waals surface area (Å²) in [5.41, 5.74) is 2.28. The molecule has 0 unspecified atom stereocenters. The van der Waals surface area contributed by atoms with E-state index in [0.29, 0.717) is 24.1 Å². The molecule has 0 aliphatic rings. The molecule has 3 aromatic rings. The molecule has 0 radical (unpaired) electrons. The standard InChI is InChI=1S/2C9H10O3.C8H9NO3/c10-8-4-1-7(2-5-8)3-6-9(11)12;10-8-4-2-1-3-7(8)5-6-9(11)12;10-7-3-1-6(2-4-7)9-5-8(11)12/h1-2,4-5,10H,3,6H2,(H,11,12);1-4,10H,5-6H2,(H,11,12);1-4,9-10H,5H2,(H,11,12). The molecule has 10 heteroatoms. The first kappa shape index (κ1) is 29.3. The molecule has 0 amide bonds. The summed E-state index contributed by atoms with van der Waals surface area (Å²) >= 11 is 0. The molecule has 10 nitrogen and oxygen atoms in total. The van der Waals surface area contributed by atoms with Gasteiger partial charge >= 0.3 is 17.9 Å². The summed E-state index contributed by atoms with van der Waals surface area (Å²) in [6, 6.07) is 19.5. The normalized spacial score (nSPS) is 9.56. The number of phenols is 3. The number of benzene rings is 3. The van der Waals surface area contributed by atoms with Gasteiger partial charge in [-0.3, -0.25) is 14.4 Å². The van der Waals surface area contributed by atoms with Crippen LogP contribution in [0, 0.1) is 0 Å². The molecule has 0 spiro atoms. The van der Waals surface area contributed by atoms with Crippen molar-refractivity contribution in [2.75, 3.05) is 11.9 Å². The number of rotatable bonds is 9. The van der Waals surface area contributed by atoms with Crippen LogP contribution in [-0.2, 0) is 27.2 Å². The van der Waals surface area contributed by atoms with Gasteiger partial charge in [0.1, 0.15) is 23.8 Å². The predicted octanol–water partition coefficient (Wildman–Crippen LogP) is 3.71. The molecule has 0 aromatic heterocycles. The lowest BCUT2D eigenvalue weighted by Crippen LogP contribution is -2.11. The van der Waals surface area contributed by atoms with Gasteiger partial charge in [0.05, 0.1) is 0 Å². The van der Waals surface area contributed by atoms with E-state index in [-0.39, 0.29) is 36.6 Å². The minimum atomic E-state index is -0.914. The molecule has 0 saturated carbocycles. The van der Waals surface area contributed by atoms with Gasteiger partial charge in [-0.05, 0) is 66.4 Å². The average Bonchev–Trinajstić information content (AvgIpc) is 2.83. The molecule has 0 atom stereocenters. The molecular weight excluding hydrogens is 470 g/mol. The van der Waals surface area contributed by atoms with Crippen molar-refractivity contribution in [3.05, 3.63) is 83.9 Å². The van der Waals surface area contributed by atoms with Crippen molar-refractivity contribution in [1.29, 1.82) is 0 Å². The van der Waals surface area contributed by atoms with Gasteiger partial charge in [-0.2, -0.15) is 0 Å². The monoisotopic (exact) mass is 499 g/mol. The Morgan fingerprint density at radius 3 is 1.61 bits per heavy atom. The van der Waals surface area contributed by atoms with Crippen LogP contribution in [0.2, 0.25) is 0 Å². The van der Waals surface area contributed by atoms with Crippen LogP contribution >= 0.6 is 0 Å². The number of hydrogen-bond donors (Lipinski definition) is 7. The molecule has 3 rings (SSSR count). The molecule has 192 valence electrons. The van der Waals surface area contributed by atoms with Crippen LogP contribution in [0.5, 0.6) is 17.2 Å². The Kier molecular flexibility index (Phi) is 13.0. The number of carboxylic acid groups (broad SMARTS) is 3. The number of aromatic hydroxyl groups is 3. The zero-order chi connectivity index (χ0) is 26.9. The first-order chi connectivity index (χ1) is 17.1. The second kappa shape index (κ2) is 16.0. The lowest BCUT2D eigenvalue weighted by Gasteiger charge is -2.01. The van der Waals surface area contributed by atoms with Gasteiger partial charge in [-0.25, -0.2) is 0 Å². The van der Waals surface area contributed by atoms with Gasteiger partial charge in [-0.1, -0.05) is 30.3 Å². The third-order valence-electron chi connectivity index (χ3n) is 4.47. The van der Waals surface area contributed by atoms with E-state index in [1.54, 1.807) is 60.7 Å². The van der Waals surface area contributed by atoms with E-state index in [1.165, 1.54) is 12.1 Å². The lowest BCUT2D eigenvalue weighted by atomic mass is 10.1. The first-order valence-electron chi connectivity index (χ1n) is 10.8. The van der Waals surface area contributed by atoms with Crippen molar-refractivity contribution >= 4 is 23.6 Å². The summed E-state index contributed by atoms with van der Waals surface area (Å²) in [7, 11) is 0. The van der Waals surface area contributed by atoms with Gasteiger partial charge in [0.15, 0.2) is 0 Å². The van der Waals surface area contributed by atoms with Crippen molar-refractivity contribution in [3.63, 3.8) is 0 Å². The number of para-hydroxylation sites is 1. The molecule has 0 bridgehead atoms. The van der Waals surface area contributed by atoms with Crippen LogP contribution in [0.15, 0.2) is 72.8 Å². The number of aliphatic carboxylic acids is 3. The van der Waals surface area contributed by atoms with Crippen molar-refractivity contribution in [3.8, 4) is 17.2 Å². The van der Waals surface area contributed by atoms with E-state index in [0.717, 1.165) is 5.56 Å². The van der Waals surface area contributed by atoms with E-state index in [1.807, 2.05) is 0 Å². The summed E-state index contributed by atoms with van der Waals surface area (Å²) in [6.07, 6.45) is 1.07. The fourth-order valence-corrected chi connectivity index (χ4v) is 2.63. The number of carboxylic acids is 3. The first-order valence-corrected chi connectivity index (χ1v) is 10.8. The summed E-state index contributed by atoms with van der Waals surface area (Å²) in [6.45, 7) is -0.120. The highest BCUT2D eigenvalue weighted by molar-refractivity contribution is 5.72. The van der Waals surface area contributed by atoms with Crippen molar-refractivity contribution in [2.24, 2.45) is 0 Å². The zero-order valence-corrected chi connectivity index (χ0v) is 19.4. The highest BCUT2D eigenvalue weighted by atomic mass is 16.4. The molecule has 0 fully saturated rings. The molecule has 0 aliphatic carbocycles. The minimum Gasteiger partial charge on any atom is -0.508 e. The molecule has 0 saturated heterocycles. The van der Waals surface area contributed by atoms with Gasteiger partial charge in [0, 0.05) is 18.5 Å². The molecule has 0 heterocycles. The van der Waals surface area contributed by atoms with Gasteiger partial charge in [0.25, 0.3) is 0 Å². The maximum atomic E-state index is 10.2. The van der Waals surface area contributed by atoms with E-state index >= 15 is 0 Å². The Hall–Kier alpha value is -4.73. The van der Waals surface area contributed by atoms with E-state index in [2.05, 4.69) is 5.32 Å². The Bertz CT molecular complexity index is 1040. The van der Waals surface area contributed by atoms with Crippen molar-refractivity contribution in [2.45, 2.75) is 25.7 Å². The second-order valence-electron chi connectivity index (χ2n) is 7.38. The molecule has 7 N–H and O–H groups in total. The largest absolute Gasteiger partial charge is 0.508 e. The molecular formula is C26H29NO9. The number of carbonyl (C=O) groups is 3. The summed E-state index contributed by atoms with van der Waals surface area (Å²) in [5, 5.41) is 54.8. The van der Waals surface area contributed by atoms with Crippen LogP contribution in [0.3, 0.4) is 0 Å². The SMILES string of the molecule is O=C(O)CCc1ccc(O)cc1.O=C(O)CCc1ccccc1O.O=C(O)CNc1ccc(O)cc1. The summed E-state index contributed by atoms with van der Waals surface area (Å²) in [4.78, 5) is 30.5. The number of aryl methyl sites for hydroxylation is 2. The van der Waals surface area contributed by atoms with Crippen molar-refractivity contribution in [1.82, 2.24) is 0 Å². The number of hydrogen-bond acceptors (Lipinski definition) is 7. The third kappa shape index (κ3) is 13.7. The van der Waals surface area contributed by atoms with E-state index in [9.17, 15) is 19.5 Å². The molecule has 0 aliphatic heterocycles. The van der Waals surface area contributed by atoms with Gasteiger partial charge in [-0.15, -0.1) is 0 Å².